The van der Waals surface area contributed by atoms with Crippen LogP contribution in [-0.2, 0) is 24.3 Å². The topological polar surface area (TPSA) is 98.8 Å². The van der Waals surface area contributed by atoms with Gasteiger partial charge in [0.25, 0.3) is 11.8 Å². The monoisotopic (exact) mass is 352 g/mol. The molecule has 1 N–H and O–H groups in total. The molecule has 0 bridgehead atoms. The van der Waals surface area contributed by atoms with Gasteiger partial charge >= 0.3 is 0 Å². The first-order valence-corrected chi connectivity index (χ1v) is 8.44. The molecule has 8 nitrogen and oxygen atoms in total. The van der Waals surface area contributed by atoms with Crippen LogP contribution in [0.1, 0.15) is 34.1 Å². The molecular weight excluding hydrogens is 326 g/mol. The number of imide groups is 1. The Hall–Kier alpha value is -1.77. The van der Waals surface area contributed by atoms with Crippen LogP contribution in [0.25, 0.3) is 0 Å². The summed E-state index contributed by atoms with van der Waals surface area (Å²) >= 11 is 0. The van der Waals surface area contributed by atoms with E-state index in [0.717, 1.165) is 9.96 Å². The largest absolute Gasteiger partial charge is 0.378 e. The average Bonchev–Trinajstić information content (AvgIpc) is 2.93. The van der Waals surface area contributed by atoms with E-state index in [4.69, 9.17) is 4.74 Å². The summed E-state index contributed by atoms with van der Waals surface area (Å²) in [7, 11) is 0. The first kappa shape index (κ1) is 19.6. The molecular formula is C17H26N3O5. The highest BCUT2D eigenvalue weighted by Crippen LogP contribution is 2.43. The van der Waals surface area contributed by atoms with E-state index in [1.807, 2.05) is 13.8 Å². The van der Waals surface area contributed by atoms with Gasteiger partial charge in [0.15, 0.2) is 0 Å². The number of amides is 3. The Morgan fingerprint density at radius 2 is 1.80 bits per heavy atom. The van der Waals surface area contributed by atoms with E-state index < -0.39 is 11.1 Å². The summed E-state index contributed by atoms with van der Waals surface area (Å²) in [6.07, 6.45) is 2.96. The van der Waals surface area contributed by atoms with Crippen LogP contribution in [0.5, 0.6) is 0 Å². The van der Waals surface area contributed by atoms with Gasteiger partial charge in [-0.15, -0.1) is 10.3 Å². The van der Waals surface area contributed by atoms with Crippen molar-refractivity contribution in [1.82, 2.24) is 15.3 Å². The SMILES string of the molecule is CC1(C)CC(C(=O)NCCOCCN2C(=O)C=CC2=O)C(C)(C)N1[O]. The zero-order chi connectivity index (χ0) is 18.8. The molecule has 1 atom stereocenters. The van der Waals surface area contributed by atoms with Crippen molar-refractivity contribution in [3.63, 3.8) is 0 Å². The van der Waals surface area contributed by atoms with Crippen LogP contribution < -0.4 is 5.32 Å². The molecule has 8 heteroatoms. The number of ether oxygens (including phenoxy) is 1. The maximum Gasteiger partial charge on any atom is 0.253 e. The number of hydroxylamine groups is 2. The lowest BCUT2D eigenvalue weighted by atomic mass is 9.86. The highest BCUT2D eigenvalue weighted by atomic mass is 16.5. The first-order valence-electron chi connectivity index (χ1n) is 8.44. The fraction of sp³-hybridized carbons (Fsp3) is 0.706. The maximum absolute atomic E-state index is 12.4. The predicted octanol–water partition coefficient (Wildman–Crippen LogP) is 0.269. The minimum absolute atomic E-state index is 0.158. The number of carbonyl (C=O) groups excluding carboxylic acids is 3. The van der Waals surface area contributed by atoms with Crippen LogP contribution in [0.2, 0.25) is 0 Å². The van der Waals surface area contributed by atoms with Crippen LogP contribution in [0.3, 0.4) is 0 Å². The van der Waals surface area contributed by atoms with E-state index in [1.165, 1.54) is 12.2 Å². The Morgan fingerprint density at radius 1 is 1.20 bits per heavy atom. The summed E-state index contributed by atoms with van der Waals surface area (Å²) in [4.78, 5) is 36.2. The van der Waals surface area contributed by atoms with E-state index in [2.05, 4.69) is 5.32 Å². The van der Waals surface area contributed by atoms with Crippen molar-refractivity contribution in [2.75, 3.05) is 26.3 Å². The van der Waals surface area contributed by atoms with Crippen molar-refractivity contribution in [2.24, 2.45) is 5.92 Å². The quantitative estimate of drug-likeness (QED) is 0.524. The Balaban J connectivity index is 1.68. The highest BCUT2D eigenvalue weighted by Gasteiger charge is 2.55. The van der Waals surface area contributed by atoms with E-state index in [-0.39, 0.29) is 43.4 Å². The molecule has 25 heavy (non-hydrogen) atoms. The van der Waals surface area contributed by atoms with Gasteiger partial charge in [-0.2, -0.15) is 0 Å². The number of rotatable bonds is 7. The number of hydrogen-bond acceptors (Lipinski definition) is 5. The molecule has 139 valence electrons. The molecule has 0 aromatic rings. The van der Waals surface area contributed by atoms with E-state index >= 15 is 0 Å². The number of hydrogen-bond donors (Lipinski definition) is 1. The molecule has 2 aliphatic heterocycles. The minimum Gasteiger partial charge on any atom is -0.378 e. The molecule has 0 saturated carbocycles. The molecule has 0 aromatic carbocycles. The number of nitrogens with zero attached hydrogens (tertiary/aromatic N) is 2. The lowest BCUT2D eigenvalue weighted by Crippen LogP contribution is -2.49. The summed E-state index contributed by atoms with van der Waals surface area (Å²) in [5.41, 5.74) is -1.32. The molecule has 1 unspecified atom stereocenters. The van der Waals surface area contributed by atoms with Gasteiger partial charge in [0, 0.05) is 24.2 Å². The molecule has 0 aliphatic carbocycles. The molecule has 1 fully saturated rings. The zero-order valence-corrected chi connectivity index (χ0v) is 15.2. The molecule has 2 heterocycles. The van der Waals surface area contributed by atoms with Crippen LogP contribution in [-0.4, -0.2) is 65.1 Å². The van der Waals surface area contributed by atoms with Gasteiger partial charge in [-0.25, -0.2) is 0 Å². The third-order valence-corrected chi connectivity index (χ3v) is 4.85. The summed E-state index contributed by atoms with van der Waals surface area (Å²) in [6.45, 7) is 8.24. The van der Waals surface area contributed by atoms with Gasteiger partial charge in [0.2, 0.25) is 5.91 Å². The Labute approximate surface area is 147 Å². The number of carbonyl (C=O) groups is 3. The second-order valence-corrected chi connectivity index (χ2v) is 7.58. The van der Waals surface area contributed by atoms with Crippen molar-refractivity contribution >= 4 is 17.7 Å². The summed E-state index contributed by atoms with van der Waals surface area (Å²) < 4.78 is 5.36. The molecule has 0 aromatic heterocycles. The number of nitrogens with one attached hydrogen (secondary N) is 1. The second-order valence-electron chi connectivity index (χ2n) is 7.58. The fourth-order valence-electron chi connectivity index (χ4n) is 3.45. The van der Waals surface area contributed by atoms with Crippen LogP contribution in [0, 0.1) is 5.92 Å². The fourth-order valence-corrected chi connectivity index (χ4v) is 3.45. The van der Waals surface area contributed by atoms with Crippen LogP contribution in [0.15, 0.2) is 12.2 Å². The standard InChI is InChI=1S/C17H26N3O5/c1-16(2)11-12(17(3,4)20(16)24)15(23)18-7-9-25-10-8-19-13(21)5-6-14(19)22/h5-6,12H,7-11H2,1-4H3,(H,18,23). The van der Waals surface area contributed by atoms with E-state index in [9.17, 15) is 19.6 Å². The van der Waals surface area contributed by atoms with Crippen LogP contribution >= 0.6 is 0 Å². The summed E-state index contributed by atoms with van der Waals surface area (Å²) in [5, 5.41) is 16.1. The Morgan fingerprint density at radius 3 is 2.32 bits per heavy atom. The van der Waals surface area contributed by atoms with Gasteiger partial charge in [0.05, 0.1) is 31.2 Å². The lowest BCUT2D eigenvalue weighted by molar-refractivity contribution is -0.247. The van der Waals surface area contributed by atoms with E-state index in [0.29, 0.717) is 13.0 Å². The Bertz CT molecular complexity index is 567. The van der Waals surface area contributed by atoms with Gasteiger partial charge in [-0.1, -0.05) is 0 Å². The molecule has 3 amide bonds. The van der Waals surface area contributed by atoms with Crippen LogP contribution in [0.4, 0.5) is 0 Å². The lowest BCUT2D eigenvalue weighted by Gasteiger charge is -2.33. The zero-order valence-electron chi connectivity index (χ0n) is 15.2. The summed E-state index contributed by atoms with van der Waals surface area (Å²) in [5.74, 6) is -1.22. The van der Waals surface area contributed by atoms with Crippen molar-refractivity contribution in [1.29, 1.82) is 0 Å². The predicted molar refractivity (Wildman–Crippen MR) is 88.5 cm³/mol. The molecule has 1 radical (unpaired) electrons. The normalized spacial score (nSPS) is 25.0. The molecule has 0 spiro atoms. The van der Waals surface area contributed by atoms with Crippen molar-refractivity contribution in [3.05, 3.63) is 12.2 Å². The van der Waals surface area contributed by atoms with E-state index in [1.54, 1.807) is 13.8 Å². The minimum atomic E-state index is -0.752. The molecule has 2 aliphatic rings. The van der Waals surface area contributed by atoms with Gasteiger partial charge < -0.3 is 10.1 Å². The summed E-state index contributed by atoms with van der Waals surface area (Å²) in [6, 6.07) is 0. The highest BCUT2D eigenvalue weighted by molar-refractivity contribution is 6.12. The van der Waals surface area contributed by atoms with Gasteiger partial charge in [-0.05, 0) is 34.1 Å². The second kappa shape index (κ2) is 7.23. The third kappa shape index (κ3) is 4.08. The van der Waals surface area contributed by atoms with Crippen molar-refractivity contribution < 1.29 is 24.3 Å². The van der Waals surface area contributed by atoms with Crippen molar-refractivity contribution in [2.45, 2.75) is 45.2 Å². The van der Waals surface area contributed by atoms with Crippen molar-refractivity contribution in [3.8, 4) is 0 Å². The third-order valence-electron chi connectivity index (χ3n) is 4.85. The van der Waals surface area contributed by atoms with Gasteiger partial charge in [-0.3, -0.25) is 19.3 Å². The molecule has 1 saturated heterocycles. The first-order chi connectivity index (χ1) is 11.6. The van der Waals surface area contributed by atoms with Gasteiger partial charge in [0.1, 0.15) is 0 Å². The smallest absolute Gasteiger partial charge is 0.253 e. The average molecular weight is 352 g/mol. The molecule has 2 rings (SSSR count). The Kier molecular flexibility index (Phi) is 5.65. The maximum atomic E-state index is 12.4.